The molecule has 82 valence electrons. The number of nitrogens with one attached hydrogen (secondary N) is 1. The van der Waals surface area contributed by atoms with E-state index in [9.17, 15) is 4.79 Å². The minimum atomic E-state index is 0.0870. The van der Waals surface area contributed by atoms with E-state index in [-0.39, 0.29) is 6.04 Å². The van der Waals surface area contributed by atoms with Gasteiger partial charge in [-0.25, -0.2) is 0 Å². The smallest absolute Gasteiger partial charge is 0.240 e. The minimum absolute atomic E-state index is 0.0870. The van der Waals surface area contributed by atoms with Crippen molar-refractivity contribution in [1.82, 2.24) is 10.2 Å². The van der Waals surface area contributed by atoms with E-state index in [0.717, 1.165) is 32.4 Å². The van der Waals surface area contributed by atoms with Crippen LogP contribution in [-0.4, -0.2) is 36.0 Å². The summed E-state index contributed by atoms with van der Waals surface area (Å²) in [6.07, 6.45) is 3.11. The summed E-state index contributed by atoms with van der Waals surface area (Å²) in [5.41, 5.74) is 0. The number of rotatable bonds is 5. The van der Waals surface area contributed by atoms with Crippen LogP contribution < -0.4 is 5.32 Å². The third-order valence-corrected chi connectivity index (χ3v) is 3.00. The lowest BCUT2D eigenvalue weighted by Gasteiger charge is -2.23. The Balaban J connectivity index is 2.43. The van der Waals surface area contributed by atoms with Gasteiger partial charge in [0.15, 0.2) is 0 Å². The van der Waals surface area contributed by atoms with Gasteiger partial charge < -0.3 is 10.2 Å². The lowest BCUT2D eigenvalue weighted by molar-refractivity contribution is -0.131. The van der Waals surface area contributed by atoms with Crippen LogP contribution in [0.3, 0.4) is 0 Å². The van der Waals surface area contributed by atoms with Crippen molar-refractivity contribution < 1.29 is 4.79 Å². The van der Waals surface area contributed by atoms with Gasteiger partial charge in [0.05, 0.1) is 6.04 Å². The van der Waals surface area contributed by atoms with Crippen LogP contribution in [0.2, 0.25) is 0 Å². The van der Waals surface area contributed by atoms with Crippen molar-refractivity contribution in [2.24, 2.45) is 0 Å². The minimum Gasteiger partial charge on any atom is -0.339 e. The molecule has 1 amide bonds. The van der Waals surface area contributed by atoms with E-state index < -0.39 is 0 Å². The number of nitrogens with zero attached hydrogens (tertiary/aromatic N) is 1. The Morgan fingerprint density at radius 2 is 2.29 bits per heavy atom. The number of carbonyl (C=O) groups excluding carboxylic acids is 1. The van der Waals surface area contributed by atoms with Crippen LogP contribution >= 0.6 is 0 Å². The molecule has 0 aliphatic carbocycles. The molecule has 0 bridgehead atoms. The Labute approximate surface area is 86.9 Å². The highest BCUT2D eigenvalue weighted by atomic mass is 16.2. The number of carbonyl (C=O) groups is 1. The second-order valence-corrected chi connectivity index (χ2v) is 4.08. The summed E-state index contributed by atoms with van der Waals surface area (Å²) < 4.78 is 0. The predicted octanol–water partition coefficient (Wildman–Crippen LogP) is 1.39. The van der Waals surface area contributed by atoms with Gasteiger partial charge in [0, 0.05) is 12.6 Å². The molecule has 1 fully saturated rings. The number of hydrogen-bond acceptors (Lipinski definition) is 2. The fourth-order valence-electron chi connectivity index (χ4n) is 1.87. The van der Waals surface area contributed by atoms with Crippen LogP contribution in [0.4, 0.5) is 0 Å². The summed E-state index contributed by atoms with van der Waals surface area (Å²) in [5, 5.41) is 3.30. The second-order valence-electron chi connectivity index (χ2n) is 4.08. The first-order valence-electron chi connectivity index (χ1n) is 5.74. The zero-order chi connectivity index (χ0) is 10.6. The highest BCUT2D eigenvalue weighted by Crippen LogP contribution is 2.15. The van der Waals surface area contributed by atoms with Crippen molar-refractivity contribution in [3.8, 4) is 0 Å². The first-order valence-corrected chi connectivity index (χ1v) is 5.74. The summed E-state index contributed by atoms with van der Waals surface area (Å²) >= 11 is 0. The lowest BCUT2D eigenvalue weighted by atomic mass is 10.2. The maximum Gasteiger partial charge on any atom is 0.240 e. The van der Waals surface area contributed by atoms with Gasteiger partial charge in [-0.05, 0) is 32.7 Å². The number of amides is 1. The zero-order valence-corrected chi connectivity index (χ0v) is 9.55. The van der Waals surface area contributed by atoms with Gasteiger partial charge in [-0.3, -0.25) is 4.79 Å². The number of hydrogen-bond donors (Lipinski definition) is 1. The summed E-state index contributed by atoms with van der Waals surface area (Å²) in [5.74, 6) is 0.299. The first-order chi connectivity index (χ1) is 6.70. The molecule has 1 aliphatic heterocycles. The van der Waals surface area contributed by atoms with Gasteiger partial charge in [0.2, 0.25) is 5.91 Å². The van der Waals surface area contributed by atoms with E-state index in [1.807, 2.05) is 4.90 Å². The highest BCUT2D eigenvalue weighted by molar-refractivity contribution is 5.84. The predicted molar refractivity (Wildman–Crippen MR) is 58.2 cm³/mol. The molecule has 1 saturated heterocycles. The molecule has 0 aromatic rings. The largest absolute Gasteiger partial charge is 0.339 e. The molecule has 14 heavy (non-hydrogen) atoms. The van der Waals surface area contributed by atoms with E-state index in [0.29, 0.717) is 11.9 Å². The monoisotopic (exact) mass is 198 g/mol. The van der Waals surface area contributed by atoms with Gasteiger partial charge in [-0.1, -0.05) is 13.8 Å². The van der Waals surface area contributed by atoms with E-state index in [4.69, 9.17) is 0 Å². The summed E-state index contributed by atoms with van der Waals surface area (Å²) in [6.45, 7) is 8.25. The Bertz CT molecular complexity index is 194. The molecule has 3 nitrogen and oxygen atoms in total. The highest BCUT2D eigenvalue weighted by Gasteiger charge is 2.32. The average Bonchev–Trinajstić information content (AvgIpc) is 2.56. The maximum absolute atomic E-state index is 11.9. The molecule has 3 heteroatoms. The topological polar surface area (TPSA) is 32.3 Å². The fourth-order valence-corrected chi connectivity index (χ4v) is 1.87. The SMILES string of the molecule is CCCNC1CCN(C(C)CC)C1=O. The van der Waals surface area contributed by atoms with E-state index in [1.54, 1.807) is 0 Å². The summed E-state index contributed by atoms with van der Waals surface area (Å²) in [6, 6.07) is 0.486. The van der Waals surface area contributed by atoms with Crippen LogP contribution in [0.25, 0.3) is 0 Å². The Kier molecular flexibility index (Phi) is 4.39. The van der Waals surface area contributed by atoms with Crippen LogP contribution in [0.1, 0.15) is 40.0 Å². The maximum atomic E-state index is 11.9. The Morgan fingerprint density at radius 3 is 2.86 bits per heavy atom. The third-order valence-electron chi connectivity index (χ3n) is 3.00. The molecule has 1 rings (SSSR count). The first kappa shape index (κ1) is 11.5. The molecule has 2 atom stereocenters. The van der Waals surface area contributed by atoms with Crippen LogP contribution in [0.5, 0.6) is 0 Å². The quantitative estimate of drug-likeness (QED) is 0.724. The van der Waals surface area contributed by atoms with Gasteiger partial charge in [0.1, 0.15) is 0 Å². The lowest BCUT2D eigenvalue weighted by Crippen LogP contribution is -2.41. The molecule has 0 spiro atoms. The number of likely N-dealkylation sites (tertiary alicyclic amines) is 1. The molecular weight excluding hydrogens is 176 g/mol. The Morgan fingerprint density at radius 1 is 1.57 bits per heavy atom. The molecule has 1 N–H and O–H groups in total. The van der Waals surface area contributed by atoms with Crippen molar-refractivity contribution >= 4 is 5.91 Å². The third kappa shape index (κ3) is 2.47. The molecular formula is C11H22N2O. The average molecular weight is 198 g/mol. The molecule has 0 saturated carbocycles. The van der Waals surface area contributed by atoms with Crippen molar-refractivity contribution in [1.29, 1.82) is 0 Å². The molecule has 1 aliphatic rings. The van der Waals surface area contributed by atoms with E-state index >= 15 is 0 Å². The summed E-state index contributed by atoms with van der Waals surface area (Å²) in [7, 11) is 0. The van der Waals surface area contributed by atoms with Crippen LogP contribution in [0, 0.1) is 0 Å². The van der Waals surface area contributed by atoms with E-state index in [1.165, 1.54) is 0 Å². The molecule has 2 unspecified atom stereocenters. The molecule has 0 aromatic heterocycles. The molecule has 0 aromatic carbocycles. The van der Waals surface area contributed by atoms with Crippen LogP contribution in [-0.2, 0) is 4.79 Å². The Hall–Kier alpha value is -0.570. The van der Waals surface area contributed by atoms with Gasteiger partial charge >= 0.3 is 0 Å². The van der Waals surface area contributed by atoms with E-state index in [2.05, 4.69) is 26.1 Å². The van der Waals surface area contributed by atoms with Crippen molar-refractivity contribution in [3.05, 3.63) is 0 Å². The van der Waals surface area contributed by atoms with Crippen molar-refractivity contribution in [3.63, 3.8) is 0 Å². The molecule has 1 heterocycles. The van der Waals surface area contributed by atoms with Gasteiger partial charge in [0.25, 0.3) is 0 Å². The van der Waals surface area contributed by atoms with Crippen molar-refractivity contribution in [2.45, 2.75) is 52.1 Å². The molecule has 0 radical (unpaired) electrons. The van der Waals surface area contributed by atoms with Gasteiger partial charge in [-0.15, -0.1) is 0 Å². The van der Waals surface area contributed by atoms with Gasteiger partial charge in [-0.2, -0.15) is 0 Å². The van der Waals surface area contributed by atoms with Crippen molar-refractivity contribution in [2.75, 3.05) is 13.1 Å². The summed E-state index contributed by atoms with van der Waals surface area (Å²) in [4.78, 5) is 13.9. The van der Waals surface area contributed by atoms with Crippen LogP contribution in [0.15, 0.2) is 0 Å². The second kappa shape index (κ2) is 5.35. The normalized spacial score (nSPS) is 24.4. The zero-order valence-electron chi connectivity index (χ0n) is 9.55. The standard InChI is InChI=1S/C11H22N2O/c1-4-7-12-10-6-8-13(11(10)14)9(3)5-2/h9-10,12H,4-8H2,1-3H3. The fraction of sp³-hybridized carbons (Fsp3) is 0.909.